The Bertz CT molecular complexity index is 4460. The van der Waals surface area contributed by atoms with Crippen molar-refractivity contribution in [1.29, 1.82) is 0 Å². The van der Waals surface area contributed by atoms with E-state index in [1.54, 1.807) is 0 Å². The van der Waals surface area contributed by atoms with Crippen LogP contribution < -0.4 is 9.80 Å². The minimum atomic E-state index is 0.804. The van der Waals surface area contributed by atoms with E-state index in [-0.39, 0.29) is 0 Å². The van der Waals surface area contributed by atoms with Crippen molar-refractivity contribution in [2.24, 2.45) is 0 Å². The predicted molar refractivity (Wildman–Crippen MR) is 295 cm³/mol. The molecule has 4 nitrogen and oxygen atoms in total. The van der Waals surface area contributed by atoms with E-state index < -0.39 is 0 Å². The van der Waals surface area contributed by atoms with Crippen molar-refractivity contribution < 1.29 is 8.83 Å². The molecule has 2 aromatic heterocycles. The fourth-order valence-electron chi connectivity index (χ4n) is 11.3. The summed E-state index contributed by atoms with van der Waals surface area (Å²) in [7, 11) is 0. The lowest BCUT2D eigenvalue weighted by molar-refractivity contribution is 0.663. The van der Waals surface area contributed by atoms with Gasteiger partial charge in [-0.2, -0.15) is 0 Å². The van der Waals surface area contributed by atoms with E-state index in [0.717, 1.165) is 99.5 Å². The minimum Gasteiger partial charge on any atom is -0.456 e. The number of benzene rings is 13. The van der Waals surface area contributed by atoms with E-state index in [2.05, 4.69) is 252 Å². The van der Waals surface area contributed by atoms with Crippen molar-refractivity contribution in [3.63, 3.8) is 0 Å². The average molecular weight is 893 g/mol. The monoisotopic (exact) mass is 892 g/mol. The summed E-state index contributed by atoms with van der Waals surface area (Å²) in [6.45, 7) is 0. The topological polar surface area (TPSA) is 32.8 Å². The van der Waals surface area contributed by atoms with Gasteiger partial charge in [-0.3, -0.25) is 0 Å². The highest BCUT2D eigenvalue weighted by Gasteiger charge is 2.22. The van der Waals surface area contributed by atoms with Crippen molar-refractivity contribution in [1.82, 2.24) is 0 Å². The molecule has 0 fully saturated rings. The molecule has 326 valence electrons. The summed E-state index contributed by atoms with van der Waals surface area (Å²) in [6, 6.07) is 87.6. The number of rotatable bonds is 6. The van der Waals surface area contributed by atoms with E-state index in [4.69, 9.17) is 8.83 Å². The largest absolute Gasteiger partial charge is 0.456 e. The van der Waals surface area contributed by atoms with Crippen LogP contribution in [0.5, 0.6) is 0 Å². The van der Waals surface area contributed by atoms with Crippen molar-refractivity contribution in [3.05, 3.63) is 243 Å². The van der Waals surface area contributed by atoms with Gasteiger partial charge in [-0.1, -0.05) is 158 Å². The van der Waals surface area contributed by atoms with Crippen LogP contribution >= 0.6 is 0 Å². The molecule has 0 bridgehead atoms. The fraction of sp³-hybridized carbons (Fsp3) is 0. The Morgan fingerprint density at radius 2 is 0.629 bits per heavy atom. The second-order valence-electron chi connectivity index (χ2n) is 18.4. The first-order valence-corrected chi connectivity index (χ1v) is 23.9. The molecular formula is C66H40N2O2. The highest BCUT2D eigenvalue weighted by Crippen LogP contribution is 2.47. The third-order valence-electron chi connectivity index (χ3n) is 14.5. The van der Waals surface area contributed by atoms with Crippen LogP contribution in [0.15, 0.2) is 251 Å². The summed E-state index contributed by atoms with van der Waals surface area (Å²) in [6.07, 6.45) is 0. The SMILES string of the molecule is c1ccc2c(N(c3ccc4cc5c(cc4c3)oc3c5ccc4oc5cc6cc(N(c7cccc8ccccc78)c7cccc8ccccc78)ccc6cc5c43)c3cccc4ccccc34)cccc2c1. The summed E-state index contributed by atoms with van der Waals surface area (Å²) < 4.78 is 13.7. The number of nitrogens with zero attached hydrogens (tertiary/aromatic N) is 2. The molecule has 0 unspecified atom stereocenters. The summed E-state index contributed by atoms with van der Waals surface area (Å²) >= 11 is 0. The molecule has 0 radical (unpaired) electrons. The van der Waals surface area contributed by atoms with E-state index in [1.807, 2.05) is 0 Å². The number of hydrogen-bond acceptors (Lipinski definition) is 4. The molecule has 15 rings (SSSR count). The van der Waals surface area contributed by atoms with Crippen molar-refractivity contribution >= 4 is 143 Å². The van der Waals surface area contributed by atoms with Crippen LogP contribution in [0.1, 0.15) is 0 Å². The van der Waals surface area contributed by atoms with E-state index in [1.165, 1.54) is 43.1 Å². The zero-order valence-corrected chi connectivity index (χ0v) is 37.8. The van der Waals surface area contributed by atoms with Gasteiger partial charge in [0.25, 0.3) is 0 Å². The molecule has 13 aromatic carbocycles. The molecule has 0 aliphatic heterocycles. The van der Waals surface area contributed by atoms with Crippen molar-refractivity contribution in [2.45, 2.75) is 0 Å². The van der Waals surface area contributed by atoms with Crippen LogP contribution in [0.2, 0.25) is 0 Å². The van der Waals surface area contributed by atoms with Gasteiger partial charge >= 0.3 is 0 Å². The Kier molecular flexibility index (Phi) is 8.33. The molecule has 0 N–H and O–H groups in total. The lowest BCUT2D eigenvalue weighted by atomic mass is 10.0. The van der Waals surface area contributed by atoms with Gasteiger partial charge in [0.15, 0.2) is 0 Å². The van der Waals surface area contributed by atoms with Gasteiger partial charge in [-0.05, 0) is 128 Å². The highest BCUT2D eigenvalue weighted by atomic mass is 16.3. The summed E-state index contributed by atoms with van der Waals surface area (Å²) in [5.74, 6) is 0. The maximum absolute atomic E-state index is 6.98. The lowest BCUT2D eigenvalue weighted by Crippen LogP contribution is -2.11. The third kappa shape index (κ3) is 5.90. The number of fused-ring (bicyclic) bond motifs is 13. The highest BCUT2D eigenvalue weighted by molar-refractivity contribution is 6.24. The predicted octanol–water partition coefficient (Wildman–Crippen LogP) is 19.3. The Morgan fingerprint density at radius 1 is 0.229 bits per heavy atom. The van der Waals surface area contributed by atoms with E-state index in [0.29, 0.717) is 0 Å². The zero-order chi connectivity index (χ0) is 45.9. The molecule has 70 heavy (non-hydrogen) atoms. The van der Waals surface area contributed by atoms with Gasteiger partial charge in [-0.25, -0.2) is 0 Å². The van der Waals surface area contributed by atoms with Crippen LogP contribution in [-0.2, 0) is 0 Å². The van der Waals surface area contributed by atoms with Crippen molar-refractivity contribution in [3.8, 4) is 0 Å². The Labute approximate surface area is 402 Å². The van der Waals surface area contributed by atoms with Crippen LogP contribution in [0.4, 0.5) is 34.1 Å². The van der Waals surface area contributed by atoms with Crippen LogP contribution in [-0.4, -0.2) is 0 Å². The number of anilines is 6. The van der Waals surface area contributed by atoms with Crippen LogP contribution in [0.25, 0.3) is 109 Å². The normalized spacial score (nSPS) is 12.0. The Hall–Kier alpha value is -9.38. The smallest absolute Gasteiger partial charge is 0.147 e. The Balaban J connectivity index is 0.881. The summed E-state index contributed by atoms with van der Waals surface area (Å²) in [5.41, 5.74) is 9.97. The first-order chi connectivity index (χ1) is 34.7. The molecule has 0 amide bonds. The second-order valence-corrected chi connectivity index (χ2v) is 18.4. The second kappa shape index (κ2) is 15.1. The molecule has 0 saturated heterocycles. The molecule has 0 atom stereocenters. The molecule has 4 heteroatoms. The molecule has 0 aliphatic rings. The number of hydrogen-bond donors (Lipinski definition) is 0. The molecule has 0 spiro atoms. The average Bonchev–Trinajstić information content (AvgIpc) is 3.97. The zero-order valence-electron chi connectivity index (χ0n) is 37.8. The number of furan rings is 2. The minimum absolute atomic E-state index is 0.804. The molecule has 2 heterocycles. The van der Waals surface area contributed by atoms with Gasteiger partial charge in [0.2, 0.25) is 0 Å². The molecular weight excluding hydrogens is 853 g/mol. The van der Waals surface area contributed by atoms with Gasteiger partial charge in [-0.15, -0.1) is 0 Å². The lowest BCUT2D eigenvalue weighted by Gasteiger charge is -2.28. The van der Waals surface area contributed by atoms with E-state index >= 15 is 0 Å². The molecule has 0 aliphatic carbocycles. The fourth-order valence-corrected chi connectivity index (χ4v) is 11.3. The maximum Gasteiger partial charge on any atom is 0.147 e. The van der Waals surface area contributed by atoms with Gasteiger partial charge in [0.1, 0.15) is 22.3 Å². The Morgan fingerprint density at radius 3 is 1.09 bits per heavy atom. The third-order valence-corrected chi connectivity index (χ3v) is 14.5. The van der Waals surface area contributed by atoms with Gasteiger partial charge in [0, 0.05) is 49.1 Å². The van der Waals surface area contributed by atoms with E-state index in [9.17, 15) is 0 Å². The van der Waals surface area contributed by atoms with Crippen molar-refractivity contribution in [2.75, 3.05) is 9.80 Å². The summed E-state index contributed by atoms with van der Waals surface area (Å²) in [4.78, 5) is 4.81. The van der Waals surface area contributed by atoms with Crippen LogP contribution in [0, 0.1) is 0 Å². The standard InChI is InChI=1S/C66H40N2O2/c1-5-21-51-41(13-1)17-9-25-58(51)67(59-26-10-18-42-14-2-6-22-52(42)59)49-31-29-45-37-56-55-33-34-62-65(66(55)70-63(56)39-47(45)35-49)57-38-46-30-32-50(36-48(46)40-64(57)69-62)68(60-27-11-19-43-15-3-7-23-53(43)60)61-28-12-20-44-16-4-8-24-54(44)61/h1-40H. The van der Waals surface area contributed by atoms with Crippen LogP contribution in [0.3, 0.4) is 0 Å². The maximum atomic E-state index is 6.98. The molecule has 0 saturated carbocycles. The quantitative estimate of drug-likeness (QED) is 0.166. The summed E-state index contributed by atoms with van der Waals surface area (Å²) in [5, 5.41) is 18.2. The first-order valence-electron chi connectivity index (χ1n) is 23.9. The van der Waals surface area contributed by atoms with Gasteiger partial charge in [0.05, 0.1) is 28.1 Å². The van der Waals surface area contributed by atoms with Gasteiger partial charge < -0.3 is 18.6 Å². The molecule has 15 aromatic rings. The first kappa shape index (κ1) is 38.7.